The van der Waals surface area contributed by atoms with E-state index < -0.39 is 194 Å². The number of carbonyl (C=O) groups excluding carboxylic acids is 11. The Kier molecular flexibility index (Phi) is 30.3. The van der Waals surface area contributed by atoms with Gasteiger partial charge in [0, 0.05) is 6.42 Å². The van der Waals surface area contributed by atoms with E-state index in [4.69, 9.17) is 22.9 Å². The highest BCUT2D eigenvalue weighted by atomic mass is 16.4. The van der Waals surface area contributed by atoms with E-state index in [1.54, 1.807) is 6.92 Å². The number of nitrogens with one attached hydrogen (secondary N) is 9. The number of aliphatic hydroxyl groups is 4. The molecule has 13 atom stereocenters. The van der Waals surface area contributed by atoms with Crippen molar-refractivity contribution in [2.24, 2.45) is 28.9 Å². The van der Waals surface area contributed by atoms with Crippen LogP contribution in [0.25, 0.3) is 0 Å². The fourth-order valence-corrected chi connectivity index (χ4v) is 6.39. The molecule has 0 saturated heterocycles. The minimum atomic E-state index is -1.96. The third-order valence-corrected chi connectivity index (χ3v) is 10.9. The summed E-state index contributed by atoms with van der Waals surface area (Å²) in [6.07, 6.45) is -7.43. The van der Waals surface area contributed by atoms with Crippen molar-refractivity contribution in [1.82, 2.24) is 47.9 Å². The van der Waals surface area contributed by atoms with E-state index in [0.717, 1.165) is 13.8 Å². The summed E-state index contributed by atoms with van der Waals surface area (Å²) in [6.45, 7) is 4.45. The molecule has 0 spiro atoms. The molecule has 0 bridgehead atoms. The van der Waals surface area contributed by atoms with Crippen LogP contribution in [0.5, 0.6) is 0 Å². The lowest BCUT2D eigenvalue weighted by molar-refractivity contribution is -0.144. The molecule has 0 aliphatic rings. The van der Waals surface area contributed by atoms with Crippen LogP contribution in [0.4, 0.5) is 0 Å². The molecule has 0 aliphatic carbocycles. The Balaban J connectivity index is 6.34. The summed E-state index contributed by atoms with van der Waals surface area (Å²) < 4.78 is 0. The highest BCUT2D eigenvalue weighted by Crippen LogP contribution is 2.10. The maximum Gasteiger partial charge on any atom is 0.326 e. The molecule has 32 heteroatoms. The molecule has 0 aromatic heterocycles. The first-order chi connectivity index (χ1) is 34.4. The van der Waals surface area contributed by atoms with E-state index in [1.165, 1.54) is 13.8 Å². The minimum Gasteiger partial charge on any atom is -0.481 e. The molecule has 0 rings (SSSR count). The molecule has 32 nitrogen and oxygen atoms in total. The van der Waals surface area contributed by atoms with Crippen LogP contribution in [0.3, 0.4) is 0 Å². The van der Waals surface area contributed by atoms with Gasteiger partial charge >= 0.3 is 11.9 Å². The van der Waals surface area contributed by atoms with Crippen molar-refractivity contribution in [3.05, 3.63) is 0 Å². The molecule has 0 fully saturated rings. The average molecular weight is 1060 g/mol. The predicted molar refractivity (Wildman–Crippen MR) is 253 cm³/mol. The van der Waals surface area contributed by atoms with Gasteiger partial charge in [0.05, 0.1) is 44.3 Å². The Morgan fingerprint density at radius 2 is 0.919 bits per heavy atom. The van der Waals surface area contributed by atoms with Gasteiger partial charge in [0.15, 0.2) is 0 Å². The van der Waals surface area contributed by atoms with Crippen molar-refractivity contribution in [2.75, 3.05) is 19.7 Å². The lowest BCUT2D eigenvalue weighted by Gasteiger charge is -2.28. The maximum absolute atomic E-state index is 13.8. The van der Waals surface area contributed by atoms with E-state index in [2.05, 4.69) is 47.9 Å². The zero-order chi connectivity index (χ0) is 57.2. The summed E-state index contributed by atoms with van der Waals surface area (Å²) in [4.78, 5) is 166. The van der Waals surface area contributed by atoms with Crippen LogP contribution in [0.15, 0.2) is 0 Å². The number of amides is 11. The highest BCUT2D eigenvalue weighted by Gasteiger charge is 2.37. The summed E-state index contributed by atoms with van der Waals surface area (Å²) in [5, 5.41) is 78.6. The second kappa shape index (κ2) is 33.6. The topological polar surface area (TPSA) is 556 Å². The Bertz CT molecular complexity index is 1990. The molecule has 0 heterocycles. The van der Waals surface area contributed by atoms with Crippen molar-refractivity contribution >= 4 is 76.9 Å². The van der Waals surface area contributed by atoms with Crippen LogP contribution in [0.1, 0.15) is 86.0 Å². The Hall–Kier alpha value is -7.13. The third kappa shape index (κ3) is 24.5. The van der Waals surface area contributed by atoms with E-state index in [9.17, 15) is 93.0 Å². The second-order valence-electron chi connectivity index (χ2n) is 17.3. The van der Waals surface area contributed by atoms with Crippen LogP contribution < -0.4 is 70.8 Å². The molecule has 74 heavy (non-hydrogen) atoms. The second-order valence-corrected chi connectivity index (χ2v) is 17.3. The monoisotopic (exact) mass is 1060 g/mol. The third-order valence-electron chi connectivity index (χ3n) is 10.9. The number of hydrogen-bond acceptors (Lipinski definition) is 19. The molecule has 420 valence electrons. The van der Waals surface area contributed by atoms with Gasteiger partial charge in [-0.05, 0) is 58.9 Å². The Morgan fingerprint density at radius 3 is 1.34 bits per heavy atom. The van der Waals surface area contributed by atoms with Crippen LogP contribution in [-0.4, -0.2) is 200 Å². The smallest absolute Gasteiger partial charge is 0.326 e. The number of carbonyl (C=O) groups is 13. The van der Waals surface area contributed by atoms with Gasteiger partial charge in [-0.15, -0.1) is 0 Å². The lowest BCUT2D eigenvalue weighted by Crippen LogP contribution is -2.63. The predicted octanol–water partition coefficient (Wildman–Crippen LogP) is -9.68. The fourth-order valence-electron chi connectivity index (χ4n) is 6.39. The summed E-state index contributed by atoms with van der Waals surface area (Å²) in [7, 11) is 0. The Labute approximate surface area is 424 Å². The summed E-state index contributed by atoms with van der Waals surface area (Å²) in [6, 6.07) is -15.7. The van der Waals surface area contributed by atoms with Crippen molar-refractivity contribution in [1.29, 1.82) is 0 Å². The standard InChI is InChI=1S/C42H73N13O19/c1-6-17(2)31(42(73)74)53-36(67)23(13-26(44)60)51-38(69)25(16-56)48-28(62)15-47-34(65)22(10-11-29(63)64)49-35(66)21(9-7-8-12-43)50-40(71)32(19(4)58)54-37(68)24(14-27(45)61)52-41(72)33(20(5)59)55-39(70)30(46)18(3)57/h17-25,30-33,56-59H,6-16,43,46H2,1-5H3,(H2,44,60)(H2,45,61)(H,47,65)(H,48,62)(H,49,66)(H,50,71)(H,51,69)(H,52,72)(H,53,67)(H,54,68)(H,55,70)(H,63,64)(H,73,74)/t17-,18+,19+,20+,21-,22-,23-,24-,25-,30-,31-,32-,33-/m0/s1. The lowest BCUT2D eigenvalue weighted by atomic mass is 9.98. The first-order valence-electron chi connectivity index (χ1n) is 23.2. The van der Waals surface area contributed by atoms with Crippen LogP contribution in [0, 0.1) is 5.92 Å². The van der Waals surface area contributed by atoms with E-state index in [-0.39, 0.29) is 25.8 Å². The van der Waals surface area contributed by atoms with Gasteiger partial charge in [0.2, 0.25) is 65.0 Å². The molecular formula is C42H73N13O19. The number of hydrogen-bond donors (Lipinski definition) is 19. The van der Waals surface area contributed by atoms with E-state index in [0.29, 0.717) is 6.42 Å². The molecule has 0 aromatic rings. The number of nitrogens with two attached hydrogens (primary N) is 4. The van der Waals surface area contributed by atoms with Crippen LogP contribution >= 0.6 is 0 Å². The van der Waals surface area contributed by atoms with Gasteiger partial charge in [-0.25, -0.2) is 4.79 Å². The summed E-state index contributed by atoms with van der Waals surface area (Å²) >= 11 is 0. The first-order valence-corrected chi connectivity index (χ1v) is 23.2. The van der Waals surface area contributed by atoms with Crippen LogP contribution in [0.2, 0.25) is 0 Å². The molecule has 23 N–H and O–H groups in total. The normalized spacial score (nSPS) is 16.3. The number of aliphatic hydroxyl groups excluding tert-OH is 4. The molecule has 0 unspecified atom stereocenters. The average Bonchev–Trinajstić information content (AvgIpc) is 3.31. The first kappa shape index (κ1) is 66.9. The molecule has 0 radical (unpaired) electrons. The number of aliphatic carboxylic acids is 2. The van der Waals surface area contributed by atoms with Gasteiger partial charge < -0.3 is 101 Å². The van der Waals surface area contributed by atoms with Gasteiger partial charge in [-0.1, -0.05) is 20.3 Å². The summed E-state index contributed by atoms with van der Waals surface area (Å²) in [5.41, 5.74) is 21.7. The van der Waals surface area contributed by atoms with E-state index in [1.807, 2.05) is 0 Å². The number of carboxylic acids is 2. The minimum absolute atomic E-state index is 0.105. The van der Waals surface area contributed by atoms with Crippen molar-refractivity contribution in [2.45, 2.75) is 159 Å². The van der Waals surface area contributed by atoms with Crippen molar-refractivity contribution in [3.8, 4) is 0 Å². The SMILES string of the molecule is CC[C@H](C)[C@H](NC(=O)[C@H](CC(N)=O)NC(=O)[C@H](CO)NC(=O)CNC(=O)[C@H](CCC(=O)O)NC(=O)[C@H](CCCCN)NC(=O)[C@@H](NC(=O)[C@H](CC(N)=O)NC(=O)[C@@H](NC(=O)[C@@H](N)[C@@H](C)O)[C@@H](C)O)[C@@H](C)O)C(=O)O. The van der Waals surface area contributed by atoms with Crippen LogP contribution in [-0.2, 0) is 62.3 Å². The largest absolute Gasteiger partial charge is 0.481 e. The van der Waals surface area contributed by atoms with Gasteiger partial charge in [-0.2, -0.15) is 0 Å². The molecule has 11 amide bonds. The van der Waals surface area contributed by atoms with Gasteiger partial charge in [-0.3, -0.25) is 57.5 Å². The van der Waals surface area contributed by atoms with Crippen molar-refractivity contribution < 1.29 is 93.0 Å². The zero-order valence-corrected chi connectivity index (χ0v) is 41.6. The number of rotatable bonds is 36. The number of carboxylic acid groups (broad SMARTS) is 2. The number of unbranched alkanes of at least 4 members (excludes halogenated alkanes) is 1. The fraction of sp³-hybridized carbons (Fsp3) is 0.690. The maximum atomic E-state index is 13.8. The summed E-state index contributed by atoms with van der Waals surface area (Å²) in [5.74, 6) is -16.5. The molecule has 0 saturated carbocycles. The Morgan fingerprint density at radius 1 is 0.500 bits per heavy atom. The quantitative estimate of drug-likeness (QED) is 0.0259. The van der Waals surface area contributed by atoms with Crippen molar-refractivity contribution in [3.63, 3.8) is 0 Å². The number of primary amides is 2. The van der Waals surface area contributed by atoms with E-state index >= 15 is 0 Å². The zero-order valence-electron chi connectivity index (χ0n) is 41.6. The molecular weight excluding hydrogens is 991 g/mol. The molecule has 0 aliphatic heterocycles. The van der Waals surface area contributed by atoms with Gasteiger partial charge in [0.1, 0.15) is 54.4 Å². The van der Waals surface area contributed by atoms with Gasteiger partial charge in [0.25, 0.3) is 0 Å². The highest BCUT2D eigenvalue weighted by molar-refractivity contribution is 5.99. The molecule has 0 aromatic carbocycles.